The van der Waals surface area contributed by atoms with Crippen molar-refractivity contribution in [2.24, 2.45) is 0 Å². The third-order valence-electron chi connectivity index (χ3n) is 16.0. The van der Waals surface area contributed by atoms with E-state index in [0.29, 0.717) is 137 Å². The molecule has 7 aromatic heterocycles. The molecule has 0 saturated carbocycles. The van der Waals surface area contributed by atoms with Gasteiger partial charge >= 0.3 is 0 Å². The lowest BCUT2D eigenvalue weighted by Gasteiger charge is -2.14. The van der Waals surface area contributed by atoms with Gasteiger partial charge < -0.3 is 77.3 Å². The number of H-pyrrole nitrogens is 2. The molecule has 0 radical (unpaired) electrons. The number of nitriles is 1. The van der Waals surface area contributed by atoms with E-state index in [0.717, 1.165) is 56.4 Å². The molecule has 36 heteroatoms. The van der Waals surface area contributed by atoms with E-state index in [1.54, 1.807) is 154 Å². The monoisotopic (exact) mass is 1660 g/mol. The highest BCUT2D eigenvalue weighted by Gasteiger charge is 2.17. The van der Waals surface area contributed by atoms with E-state index in [9.17, 15) is 34.0 Å². The number of oxazole rings is 4. The van der Waals surface area contributed by atoms with Gasteiger partial charge in [0.25, 0.3) is 24.1 Å². The van der Waals surface area contributed by atoms with Crippen LogP contribution in [0.25, 0.3) is 78.1 Å². The highest BCUT2D eigenvalue weighted by Crippen LogP contribution is 2.34. The van der Waals surface area contributed by atoms with Crippen molar-refractivity contribution in [1.82, 2.24) is 34.9 Å². The van der Waals surface area contributed by atoms with Crippen molar-refractivity contribution in [3.05, 3.63) is 242 Å². The minimum atomic E-state index is -3.36. The molecule has 0 aliphatic rings. The number of sulfonamides is 2. The van der Waals surface area contributed by atoms with Gasteiger partial charge in [-0.2, -0.15) is 5.26 Å². The number of fused-ring (bicyclic) bond motifs is 3. The summed E-state index contributed by atoms with van der Waals surface area (Å²) in [5, 5.41) is 24.9. The number of pyridine rings is 1. The Morgan fingerprint density at radius 2 is 0.863 bits per heavy atom. The topological polar surface area (TPSA) is 408 Å². The zero-order chi connectivity index (χ0) is 82.7. The first-order chi connectivity index (χ1) is 56.0. The molecular weight excluding hydrogens is 1590 g/mol. The number of benzene rings is 8. The standard InChI is InChI=1S/C25H30N4O6S.C20H18N4O2S.2C18H15FN4O3S/c1-31-8-9-32-10-11-33-12-13-34-23-15-21(14-22(16-23)29-36(2,3)30)28-25-27-18-24(35-25)20-6-4-19(17-26)5-7-20;1-27(2,25)24-18-5-3-4-17(11-18)23-20-22-13-19(26-20)15-6-7-16-12-21-9-8-14(16)10-15;1-27(24,25)23-14-4-2-3-13(9-14)21-18-20-10-17(26-18)16-8-11-7-12(19)5-6-15(11)22-16;1-27(24,25)23-14-4-2-3-13(9-14)21-18-20-10-17(26-18)16-7-11-5-6-12(19)8-15(11)22-16/h4-7,14-16,18H,2,8-13H2,1,3H3,(H,27,28)(H,29,30);3-13H,1H2,2H3,(H,22,23)(H,24,25);2*2-10,22-23H,1H3,(H,20,21). The fourth-order valence-corrected chi connectivity index (χ4v) is 13.5. The molecule has 2 unspecified atom stereocenters. The highest BCUT2D eigenvalue weighted by molar-refractivity contribution is 8.01. The molecule has 604 valence electrons. The van der Waals surface area contributed by atoms with Crippen LogP contribution in [0.2, 0.25) is 0 Å². The van der Waals surface area contributed by atoms with Crippen LogP contribution in [-0.2, 0) is 53.7 Å². The van der Waals surface area contributed by atoms with E-state index in [4.69, 9.17) is 41.9 Å². The normalized spacial score (nSPS) is 12.3. The summed E-state index contributed by atoms with van der Waals surface area (Å²) in [6.45, 7) is 2.69. The Hall–Kier alpha value is -13.5. The molecule has 15 aromatic rings. The molecule has 10 N–H and O–H groups in total. The van der Waals surface area contributed by atoms with Crippen LogP contribution in [0.15, 0.2) is 243 Å². The summed E-state index contributed by atoms with van der Waals surface area (Å²) in [5.74, 6) is 9.33. The molecule has 15 rings (SSSR count). The Morgan fingerprint density at radius 3 is 1.42 bits per heavy atom. The molecule has 0 amide bonds. The highest BCUT2D eigenvalue weighted by atomic mass is 32.2. The molecule has 2 atom stereocenters. The molecule has 8 aromatic carbocycles. The first kappa shape index (κ1) is 82.9. The molecule has 0 aliphatic carbocycles. The zero-order valence-electron chi connectivity index (χ0n) is 63.3. The first-order valence-electron chi connectivity index (χ1n) is 35.3. The molecule has 117 heavy (non-hydrogen) atoms. The van der Waals surface area contributed by atoms with Crippen LogP contribution in [0.1, 0.15) is 5.56 Å². The number of anilines is 12. The lowest BCUT2D eigenvalue weighted by atomic mass is 10.1. The molecule has 0 fully saturated rings. The van der Waals surface area contributed by atoms with Gasteiger partial charge in [-0.3, -0.25) is 14.4 Å². The molecule has 0 spiro atoms. The first-order valence-corrected chi connectivity index (χ1v) is 43.3. The van der Waals surface area contributed by atoms with Gasteiger partial charge in [-0.05, 0) is 163 Å². The second-order valence-electron chi connectivity index (χ2n) is 26.1. The van der Waals surface area contributed by atoms with Crippen molar-refractivity contribution < 1.29 is 70.7 Å². The molecule has 7 heterocycles. The van der Waals surface area contributed by atoms with E-state index in [-0.39, 0.29) is 29.7 Å². The number of aromatic nitrogens is 7. The molecule has 0 bridgehead atoms. The predicted octanol–water partition coefficient (Wildman–Crippen LogP) is 16.1. The van der Waals surface area contributed by atoms with Crippen LogP contribution in [-0.4, -0.2) is 144 Å². The maximum Gasteiger partial charge on any atom is 0.299 e. The lowest BCUT2D eigenvalue weighted by molar-refractivity contribution is 0.0180. The van der Waals surface area contributed by atoms with Crippen LogP contribution < -0.4 is 44.9 Å². The second-order valence-corrected chi connectivity index (χ2v) is 34.0. The SMILES string of the molecule is C=S(C)(=O)Nc1cc(Nc2ncc(-c3ccc(C#N)cc3)o2)cc(OCCOCCOCCOC)c1.C=S(C)(=O)Nc1cccc(Nc2ncc(-c3ccc4cnccc4c3)o2)c1.CS(=O)(=O)Nc1cccc(Nc2ncc(-c3cc4cc(F)ccc4[nH]3)o2)c1.CS(=O)(=O)Nc1cccc(Nc2ncc(-c3cc4ccc(F)cc4[nH]3)o2)c1. The van der Waals surface area contributed by atoms with Gasteiger partial charge in [0, 0.05) is 130 Å². The summed E-state index contributed by atoms with van der Waals surface area (Å²) >= 11 is 0. The summed E-state index contributed by atoms with van der Waals surface area (Å²) in [5.41, 5.74) is 9.78. The summed E-state index contributed by atoms with van der Waals surface area (Å²) in [4.78, 5) is 27.3. The number of rotatable bonds is 30. The number of ether oxygens (including phenoxy) is 4. The number of hydrogen-bond donors (Lipinski definition) is 10. The van der Waals surface area contributed by atoms with E-state index in [1.807, 2.05) is 60.8 Å². The average Bonchev–Trinajstić information content (AvgIpc) is 1.67. The van der Waals surface area contributed by atoms with Gasteiger partial charge in [-0.25, -0.2) is 54.0 Å². The van der Waals surface area contributed by atoms with Gasteiger partial charge in [0.2, 0.25) is 20.0 Å². The Kier molecular flexibility index (Phi) is 26.7. The Bertz CT molecular complexity index is 6290. The van der Waals surface area contributed by atoms with Crippen LogP contribution >= 0.6 is 0 Å². The van der Waals surface area contributed by atoms with Gasteiger partial charge in [0.1, 0.15) is 24.0 Å². The summed E-state index contributed by atoms with van der Waals surface area (Å²) in [6.07, 6.45) is 15.2. The van der Waals surface area contributed by atoms with Crippen molar-refractivity contribution >= 4 is 153 Å². The maximum atomic E-state index is 13.3. The van der Waals surface area contributed by atoms with Gasteiger partial charge in [-0.1, -0.05) is 30.3 Å². The zero-order valence-corrected chi connectivity index (χ0v) is 66.6. The quantitative estimate of drug-likeness (QED) is 0.0148. The number of aromatic amines is 2. The van der Waals surface area contributed by atoms with E-state index < -0.39 is 39.5 Å². The van der Waals surface area contributed by atoms with E-state index in [2.05, 4.69) is 92.9 Å². The smallest absolute Gasteiger partial charge is 0.299 e. The fourth-order valence-electron chi connectivity index (χ4n) is 11.2. The number of hydrogen-bond acceptors (Lipinski definition) is 24. The Labute approximate surface area is 671 Å². The van der Waals surface area contributed by atoms with Crippen LogP contribution in [0.3, 0.4) is 0 Å². The molecule has 30 nitrogen and oxygen atoms in total. The summed E-state index contributed by atoms with van der Waals surface area (Å²) in [6, 6.07) is 56.8. The fraction of sp³-hybridized carbons (Fsp3) is 0.136. The van der Waals surface area contributed by atoms with Crippen LogP contribution in [0.4, 0.5) is 78.3 Å². The minimum absolute atomic E-state index is 0.242. The third-order valence-corrected chi connectivity index (χ3v) is 18.6. The number of nitrogens with zero attached hydrogens (tertiary/aromatic N) is 6. The Balaban J connectivity index is 0.000000145. The average molecular weight is 1670 g/mol. The van der Waals surface area contributed by atoms with Crippen LogP contribution in [0.5, 0.6) is 5.75 Å². The predicted molar refractivity (Wildman–Crippen MR) is 456 cm³/mol. The molecular formula is C81H78F2N16O14S4. The van der Waals surface area contributed by atoms with Crippen molar-refractivity contribution in [2.45, 2.75) is 0 Å². The number of methoxy groups -OCH3 is 1. The van der Waals surface area contributed by atoms with Crippen molar-refractivity contribution in [2.75, 3.05) is 112 Å². The van der Waals surface area contributed by atoms with E-state index in [1.165, 1.54) is 30.5 Å². The van der Waals surface area contributed by atoms with Gasteiger partial charge in [0.05, 0.1) is 110 Å². The number of halogens is 2. The third kappa shape index (κ3) is 25.5. The lowest BCUT2D eigenvalue weighted by Crippen LogP contribution is -2.13. The van der Waals surface area contributed by atoms with Gasteiger partial charge in [-0.15, -0.1) is 0 Å². The largest absolute Gasteiger partial charge is 0.491 e. The minimum Gasteiger partial charge on any atom is -0.491 e. The molecule has 0 saturated heterocycles. The molecule has 0 aliphatic heterocycles. The Morgan fingerprint density at radius 1 is 0.419 bits per heavy atom. The van der Waals surface area contributed by atoms with Gasteiger partial charge in [0.15, 0.2) is 23.0 Å². The van der Waals surface area contributed by atoms with Crippen LogP contribution in [0, 0.1) is 23.0 Å². The second kappa shape index (κ2) is 37.6. The van der Waals surface area contributed by atoms with Crippen molar-refractivity contribution in [1.29, 1.82) is 5.26 Å². The van der Waals surface area contributed by atoms with Crippen molar-refractivity contribution in [3.8, 4) is 57.4 Å². The van der Waals surface area contributed by atoms with E-state index >= 15 is 0 Å². The maximum absolute atomic E-state index is 13.3. The summed E-state index contributed by atoms with van der Waals surface area (Å²) in [7, 11) is -9.95. The number of nitrogens with one attached hydrogen (secondary N) is 10. The van der Waals surface area contributed by atoms with Crippen molar-refractivity contribution in [3.63, 3.8) is 0 Å². The summed E-state index contributed by atoms with van der Waals surface area (Å²) < 4.78 is 151.